The maximum Gasteiger partial charge on any atom is 0.289 e. The Hall–Kier alpha value is -2.15. The van der Waals surface area contributed by atoms with Gasteiger partial charge in [0, 0.05) is 26.2 Å². The molecule has 0 bridgehead atoms. The molecule has 0 radical (unpaired) electrons. The molecule has 7 heteroatoms. The van der Waals surface area contributed by atoms with E-state index in [2.05, 4.69) is 15.9 Å². The third kappa shape index (κ3) is 3.51. The highest BCUT2D eigenvalue weighted by Crippen LogP contribution is 2.20. The molecule has 0 unspecified atom stereocenters. The number of piperazine rings is 1. The Kier molecular flexibility index (Phi) is 4.99. The summed E-state index contributed by atoms with van der Waals surface area (Å²) < 4.78 is 19.4. The van der Waals surface area contributed by atoms with E-state index >= 15 is 0 Å². The number of amides is 2. The molecule has 1 saturated heterocycles. The average Bonchev–Trinajstić information content (AvgIpc) is 3.13. The van der Waals surface area contributed by atoms with Crippen LogP contribution in [0.3, 0.4) is 0 Å². The molecular weight excluding hydrogens is 379 g/mol. The van der Waals surface area contributed by atoms with Crippen LogP contribution in [0, 0.1) is 5.82 Å². The van der Waals surface area contributed by atoms with Crippen LogP contribution >= 0.6 is 15.9 Å². The molecule has 0 aliphatic carbocycles. The first-order chi connectivity index (χ1) is 11.6. The average molecular weight is 395 g/mol. The highest BCUT2D eigenvalue weighted by atomic mass is 79.9. The molecular formula is C17H16BrFN2O3. The topological polar surface area (TPSA) is 53.8 Å². The quantitative estimate of drug-likeness (QED) is 0.803. The number of carbonyl (C=O) groups is 2. The Labute approximate surface area is 147 Å². The van der Waals surface area contributed by atoms with Crippen LogP contribution in [0.1, 0.15) is 16.1 Å². The molecule has 0 N–H and O–H groups in total. The van der Waals surface area contributed by atoms with Crippen LogP contribution < -0.4 is 0 Å². The summed E-state index contributed by atoms with van der Waals surface area (Å²) in [6.45, 7) is 1.74. The third-order valence-electron chi connectivity index (χ3n) is 4.02. The Balaban J connectivity index is 1.57. The predicted molar refractivity (Wildman–Crippen MR) is 89.0 cm³/mol. The van der Waals surface area contributed by atoms with Crippen molar-refractivity contribution in [3.8, 4) is 0 Å². The number of nitrogens with zero attached hydrogens (tertiary/aromatic N) is 2. The number of hydrogen-bond acceptors (Lipinski definition) is 3. The van der Waals surface area contributed by atoms with Crippen molar-refractivity contribution in [1.82, 2.24) is 9.80 Å². The minimum atomic E-state index is -0.405. The van der Waals surface area contributed by atoms with Gasteiger partial charge in [0.05, 0.1) is 17.2 Å². The molecule has 126 valence electrons. The van der Waals surface area contributed by atoms with Crippen LogP contribution in [0.5, 0.6) is 0 Å². The highest BCUT2D eigenvalue weighted by Gasteiger charge is 2.26. The van der Waals surface area contributed by atoms with E-state index in [0.717, 1.165) is 0 Å². The zero-order valence-electron chi connectivity index (χ0n) is 12.9. The third-order valence-corrected chi connectivity index (χ3v) is 4.64. The number of hydrogen-bond donors (Lipinski definition) is 0. The molecule has 0 saturated carbocycles. The van der Waals surface area contributed by atoms with Crippen LogP contribution in [0.25, 0.3) is 0 Å². The highest BCUT2D eigenvalue weighted by molar-refractivity contribution is 9.10. The normalized spacial score (nSPS) is 14.8. The van der Waals surface area contributed by atoms with Crippen molar-refractivity contribution in [2.45, 2.75) is 6.42 Å². The van der Waals surface area contributed by atoms with Gasteiger partial charge < -0.3 is 14.2 Å². The van der Waals surface area contributed by atoms with Crippen molar-refractivity contribution >= 4 is 27.7 Å². The molecule has 1 fully saturated rings. The summed E-state index contributed by atoms with van der Waals surface area (Å²) in [5, 5.41) is 0. The lowest BCUT2D eigenvalue weighted by atomic mass is 10.1. The molecule has 2 heterocycles. The maximum absolute atomic E-state index is 14.0. The Morgan fingerprint density at radius 1 is 1.08 bits per heavy atom. The number of halogens is 2. The van der Waals surface area contributed by atoms with Crippen molar-refractivity contribution in [3.05, 3.63) is 58.2 Å². The summed E-state index contributed by atoms with van der Waals surface area (Å²) in [6, 6.07) is 8.20. The zero-order chi connectivity index (χ0) is 17.1. The van der Waals surface area contributed by atoms with Crippen LogP contribution in [0.2, 0.25) is 0 Å². The number of carbonyl (C=O) groups excluding carboxylic acids is 2. The lowest BCUT2D eigenvalue weighted by molar-refractivity contribution is -0.132. The second kappa shape index (κ2) is 7.17. The standard InChI is InChI=1S/C17H16BrFN2O3/c18-13-4-1-3-12(16(13)19)11-15(22)20-6-8-21(9-7-20)17(23)14-5-2-10-24-14/h1-5,10H,6-9,11H2. The lowest BCUT2D eigenvalue weighted by Gasteiger charge is -2.34. The first-order valence-corrected chi connectivity index (χ1v) is 8.39. The second-order valence-corrected chi connectivity index (χ2v) is 6.39. The van der Waals surface area contributed by atoms with E-state index in [1.54, 1.807) is 40.1 Å². The van der Waals surface area contributed by atoms with Crippen LogP contribution in [-0.2, 0) is 11.2 Å². The molecule has 1 aliphatic heterocycles. The molecule has 24 heavy (non-hydrogen) atoms. The Bertz CT molecular complexity index is 740. The van der Waals surface area contributed by atoms with Crippen LogP contribution in [0.15, 0.2) is 45.5 Å². The summed E-state index contributed by atoms with van der Waals surface area (Å²) >= 11 is 3.12. The van der Waals surface area contributed by atoms with Crippen molar-refractivity contribution in [2.75, 3.05) is 26.2 Å². The van der Waals surface area contributed by atoms with Crippen LogP contribution in [0.4, 0.5) is 4.39 Å². The Morgan fingerprint density at radius 2 is 1.79 bits per heavy atom. The number of rotatable bonds is 3. The molecule has 1 aromatic heterocycles. The molecule has 0 spiro atoms. The smallest absolute Gasteiger partial charge is 0.289 e. The fourth-order valence-electron chi connectivity index (χ4n) is 2.67. The molecule has 2 aromatic rings. The molecule has 5 nitrogen and oxygen atoms in total. The summed E-state index contributed by atoms with van der Waals surface area (Å²) in [4.78, 5) is 27.9. The van der Waals surface area contributed by atoms with E-state index in [0.29, 0.717) is 42.0 Å². The first-order valence-electron chi connectivity index (χ1n) is 7.59. The molecule has 1 aliphatic rings. The predicted octanol–water partition coefficient (Wildman–Crippen LogP) is 2.71. The maximum atomic E-state index is 14.0. The van der Waals surface area contributed by atoms with E-state index in [-0.39, 0.29) is 18.2 Å². The van der Waals surface area contributed by atoms with E-state index < -0.39 is 5.82 Å². The van der Waals surface area contributed by atoms with Crippen molar-refractivity contribution in [3.63, 3.8) is 0 Å². The van der Waals surface area contributed by atoms with Crippen LogP contribution in [-0.4, -0.2) is 47.8 Å². The summed E-state index contributed by atoms with van der Waals surface area (Å²) in [5.74, 6) is -0.425. The van der Waals surface area contributed by atoms with E-state index in [1.165, 1.54) is 6.26 Å². The lowest BCUT2D eigenvalue weighted by Crippen LogP contribution is -2.51. The van der Waals surface area contributed by atoms with Gasteiger partial charge in [0.2, 0.25) is 5.91 Å². The summed E-state index contributed by atoms with van der Waals surface area (Å²) in [6.07, 6.45) is 1.47. The molecule has 1 aromatic carbocycles. The van der Waals surface area contributed by atoms with Gasteiger partial charge in [-0.25, -0.2) is 4.39 Å². The van der Waals surface area contributed by atoms with Gasteiger partial charge in [-0.3, -0.25) is 9.59 Å². The van der Waals surface area contributed by atoms with Gasteiger partial charge in [-0.2, -0.15) is 0 Å². The van der Waals surface area contributed by atoms with Gasteiger partial charge in [0.15, 0.2) is 5.76 Å². The van der Waals surface area contributed by atoms with Crippen molar-refractivity contribution in [1.29, 1.82) is 0 Å². The number of benzene rings is 1. The Morgan fingerprint density at radius 3 is 2.46 bits per heavy atom. The monoisotopic (exact) mass is 394 g/mol. The van der Waals surface area contributed by atoms with Gasteiger partial charge in [-0.15, -0.1) is 0 Å². The SMILES string of the molecule is O=C(Cc1cccc(Br)c1F)N1CCN(C(=O)c2ccco2)CC1. The first kappa shape index (κ1) is 16.7. The fourth-order valence-corrected chi connectivity index (χ4v) is 3.08. The van der Waals surface area contributed by atoms with Crippen molar-refractivity contribution in [2.24, 2.45) is 0 Å². The summed E-state index contributed by atoms with van der Waals surface area (Å²) in [7, 11) is 0. The molecule has 2 amide bonds. The molecule has 3 rings (SSSR count). The molecule has 0 atom stereocenters. The minimum absolute atomic E-state index is 0.0113. The van der Waals surface area contributed by atoms with E-state index in [9.17, 15) is 14.0 Å². The van der Waals surface area contributed by atoms with Crippen molar-refractivity contribution < 1.29 is 18.4 Å². The van der Waals surface area contributed by atoms with E-state index in [4.69, 9.17) is 4.42 Å². The van der Waals surface area contributed by atoms with Gasteiger partial charge in [-0.05, 0) is 39.7 Å². The largest absolute Gasteiger partial charge is 0.459 e. The second-order valence-electron chi connectivity index (χ2n) is 5.54. The summed E-state index contributed by atoms with van der Waals surface area (Å²) in [5.41, 5.74) is 0.364. The van der Waals surface area contributed by atoms with E-state index in [1.807, 2.05) is 0 Å². The minimum Gasteiger partial charge on any atom is -0.459 e. The van der Waals surface area contributed by atoms with Gasteiger partial charge >= 0.3 is 0 Å². The number of furan rings is 1. The zero-order valence-corrected chi connectivity index (χ0v) is 14.5. The van der Waals surface area contributed by atoms with Gasteiger partial charge in [0.1, 0.15) is 5.82 Å². The fraction of sp³-hybridized carbons (Fsp3) is 0.294. The van der Waals surface area contributed by atoms with Gasteiger partial charge in [0.25, 0.3) is 5.91 Å². The van der Waals surface area contributed by atoms with Gasteiger partial charge in [-0.1, -0.05) is 12.1 Å².